The molecule has 2 saturated carbocycles. The van der Waals surface area contributed by atoms with Crippen molar-refractivity contribution in [2.24, 2.45) is 22.0 Å². The van der Waals surface area contributed by atoms with Crippen LogP contribution in [-0.4, -0.2) is 16.5 Å². The van der Waals surface area contributed by atoms with Crippen molar-refractivity contribution >= 4 is 27.6 Å². The number of halogens is 1. The van der Waals surface area contributed by atoms with Gasteiger partial charge in [-0.1, -0.05) is 36.7 Å². The van der Waals surface area contributed by atoms with Crippen molar-refractivity contribution in [2.45, 2.75) is 38.4 Å². The molecule has 2 bridgehead atoms. The van der Waals surface area contributed by atoms with Gasteiger partial charge in [-0.15, -0.1) is 0 Å². The molecule has 0 aromatic heterocycles. The number of hydrogen-bond donors (Lipinski definition) is 1. The molecule has 1 amide bonds. The molecule has 0 heterocycles. The van der Waals surface area contributed by atoms with Crippen LogP contribution in [0.4, 0.5) is 0 Å². The maximum Gasteiger partial charge on any atom is 0.225 e. The highest BCUT2D eigenvalue weighted by molar-refractivity contribution is 9.10. The molecule has 84 valence electrons. The molecule has 3 atom stereocenters. The first-order valence-corrected chi connectivity index (χ1v) is 6.12. The summed E-state index contributed by atoms with van der Waals surface area (Å²) in [6.45, 7) is 5.94. The second-order valence-electron chi connectivity index (χ2n) is 5.52. The van der Waals surface area contributed by atoms with Crippen molar-refractivity contribution in [1.29, 1.82) is 0 Å². The molecule has 0 saturated heterocycles. The number of fused-ring (bicyclic) bond motifs is 2. The molecule has 2 N–H and O–H groups in total. The minimum absolute atomic E-state index is 0.137. The number of rotatable bonds is 1. The van der Waals surface area contributed by atoms with Crippen LogP contribution in [0, 0.1) is 16.2 Å². The normalized spacial score (nSPS) is 47.2. The molecule has 3 unspecified atom stereocenters. The highest BCUT2D eigenvalue weighted by Crippen LogP contribution is 2.71. The predicted octanol–water partition coefficient (Wildman–Crippen LogP) is 1.63. The third-order valence-corrected chi connectivity index (χ3v) is 6.36. The number of primary amides is 1. The van der Waals surface area contributed by atoms with Crippen LogP contribution in [0.15, 0.2) is 0 Å². The lowest BCUT2D eigenvalue weighted by molar-refractivity contribution is -0.132. The molecular weight excluding hydrogens is 258 g/mol. The fourth-order valence-electron chi connectivity index (χ4n) is 3.50. The molecule has 2 aliphatic rings. The topological polar surface area (TPSA) is 60.2 Å². The maximum atomic E-state index is 12.2. The van der Waals surface area contributed by atoms with Crippen LogP contribution in [0.25, 0.3) is 0 Å². The zero-order valence-electron chi connectivity index (χ0n) is 9.26. The van der Waals surface area contributed by atoms with E-state index in [1.54, 1.807) is 0 Å². The minimum atomic E-state index is -0.696. The molecule has 15 heavy (non-hydrogen) atoms. The van der Waals surface area contributed by atoms with Crippen molar-refractivity contribution < 1.29 is 9.59 Å². The SMILES string of the molecule is CC12CCC(C(N)=O)(C(Br)C1=O)C2(C)C. The molecule has 0 radical (unpaired) electrons. The van der Waals surface area contributed by atoms with E-state index in [0.29, 0.717) is 6.42 Å². The molecular formula is C11H16BrNO2. The van der Waals surface area contributed by atoms with Crippen LogP contribution in [0.2, 0.25) is 0 Å². The van der Waals surface area contributed by atoms with Gasteiger partial charge >= 0.3 is 0 Å². The fourth-order valence-corrected chi connectivity index (χ4v) is 5.03. The number of carbonyl (C=O) groups excluding carboxylic acids is 2. The summed E-state index contributed by atoms with van der Waals surface area (Å²) >= 11 is 3.38. The van der Waals surface area contributed by atoms with Crippen molar-refractivity contribution in [3.63, 3.8) is 0 Å². The van der Waals surface area contributed by atoms with E-state index in [1.807, 2.05) is 20.8 Å². The van der Waals surface area contributed by atoms with Crippen molar-refractivity contribution in [2.75, 3.05) is 0 Å². The number of Topliss-reactive ketones (excluding diaryl/α,β-unsaturated/α-hetero) is 1. The summed E-state index contributed by atoms with van der Waals surface area (Å²) in [6.07, 6.45) is 1.48. The average Bonchev–Trinajstić information content (AvgIpc) is 2.39. The lowest BCUT2D eigenvalue weighted by Gasteiger charge is -2.38. The third kappa shape index (κ3) is 0.846. The Morgan fingerprint density at radius 3 is 2.20 bits per heavy atom. The highest BCUT2D eigenvalue weighted by Gasteiger charge is 2.76. The molecule has 0 aromatic carbocycles. The van der Waals surface area contributed by atoms with Gasteiger partial charge in [0.1, 0.15) is 0 Å². The average molecular weight is 274 g/mol. The summed E-state index contributed by atoms with van der Waals surface area (Å²) in [5, 5.41) is 0. The second kappa shape index (κ2) is 2.65. The van der Waals surface area contributed by atoms with Crippen LogP contribution in [0.5, 0.6) is 0 Å². The van der Waals surface area contributed by atoms with Gasteiger partial charge in [0.15, 0.2) is 5.78 Å². The Morgan fingerprint density at radius 1 is 1.40 bits per heavy atom. The number of hydrogen-bond acceptors (Lipinski definition) is 2. The van der Waals surface area contributed by atoms with E-state index in [0.717, 1.165) is 6.42 Å². The molecule has 4 heteroatoms. The van der Waals surface area contributed by atoms with Crippen molar-refractivity contribution in [1.82, 2.24) is 0 Å². The van der Waals surface area contributed by atoms with Crippen molar-refractivity contribution in [3.05, 3.63) is 0 Å². The summed E-state index contributed by atoms with van der Waals surface area (Å²) in [5.74, 6) is -0.207. The molecule has 0 aliphatic heterocycles. The number of ketones is 1. The standard InChI is InChI=1S/C11H16BrNO2/c1-9(2)10(3)4-5-11(9,8(13)15)6(12)7(10)14/h6H,4-5H2,1-3H3,(H2,13,15). The predicted molar refractivity (Wildman–Crippen MR) is 60.5 cm³/mol. The van der Waals surface area contributed by atoms with Crippen LogP contribution in [0.1, 0.15) is 33.6 Å². The molecule has 2 aliphatic carbocycles. The Kier molecular flexibility index (Phi) is 1.96. The highest BCUT2D eigenvalue weighted by atomic mass is 79.9. The molecule has 2 fully saturated rings. The Labute approximate surface area is 97.9 Å². The lowest BCUT2D eigenvalue weighted by Crippen LogP contribution is -2.48. The van der Waals surface area contributed by atoms with E-state index in [2.05, 4.69) is 15.9 Å². The van der Waals surface area contributed by atoms with Gasteiger partial charge in [-0.3, -0.25) is 9.59 Å². The minimum Gasteiger partial charge on any atom is -0.369 e. The van der Waals surface area contributed by atoms with E-state index in [9.17, 15) is 9.59 Å². The van der Waals surface area contributed by atoms with E-state index in [1.165, 1.54) is 0 Å². The van der Waals surface area contributed by atoms with Gasteiger partial charge in [0, 0.05) is 5.41 Å². The van der Waals surface area contributed by atoms with E-state index in [-0.39, 0.29) is 17.1 Å². The second-order valence-corrected chi connectivity index (χ2v) is 6.44. The van der Waals surface area contributed by atoms with E-state index >= 15 is 0 Å². The number of carbonyl (C=O) groups is 2. The molecule has 0 aromatic rings. The summed E-state index contributed by atoms with van der Waals surface area (Å²) in [5.41, 5.74) is 4.08. The Balaban J connectivity index is 2.68. The van der Waals surface area contributed by atoms with Crippen LogP contribution in [0.3, 0.4) is 0 Å². The number of nitrogens with two attached hydrogens (primary N) is 1. The number of amides is 1. The summed E-state index contributed by atoms with van der Waals surface area (Å²) in [6, 6.07) is 0. The summed E-state index contributed by atoms with van der Waals surface area (Å²) in [7, 11) is 0. The molecule has 2 rings (SSSR count). The monoisotopic (exact) mass is 273 g/mol. The fraction of sp³-hybridized carbons (Fsp3) is 0.818. The quantitative estimate of drug-likeness (QED) is 0.739. The Morgan fingerprint density at radius 2 is 1.93 bits per heavy atom. The molecule has 3 nitrogen and oxygen atoms in total. The lowest BCUT2D eigenvalue weighted by atomic mass is 9.65. The van der Waals surface area contributed by atoms with Gasteiger partial charge in [-0.2, -0.15) is 0 Å². The van der Waals surface area contributed by atoms with Gasteiger partial charge in [-0.25, -0.2) is 0 Å². The van der Waals surface area contributed by atoms with Gasteiger partial charge in [-0.05, 0) is 18.3 Å². The number of alkyl halides is 1. The van der Waals surface area contributed by atoms with Crippen LogP contribution >= 0.6 is 15.9 Å². The van der Waals surface area contributed by atoms with Crippen LogP contribution in [-0.2, 0) is 9.59 Å². The molecule has 0 spiro atoms. The Hall–Kier alpha value is -0.380. The van der Waals surface area contributed by atoms with E-state index in [4.69, 9.17) is 5.73 Å². The largest absolute Gasteiger partial charge is 0.369 e. The van der Waals surface area contributed by atoms with E-state index < -0.39 is 15.7 Å². The summed E-state index contributed by atoms with van der Waals surface area (Å²) in [4.78, 5) is 23.5. The van der Waals surface area contributed by atoms with Gasteiger partial charge in [0.2, 0.25) is 5.91 Å². The van der Waals surface area contributed by atoms with Gasteiger partial charge in [0.05, 0.1) is 10.2 Å². The van der Waals surface area contributed by atoms with Crippen LogP contribution < -0.4 is 5.73 Å². The zero-order valence-corrected chi connectivity index (χ0v) is 10.8. The first-order valence-electron chi connectivity index (χ1n) is 5.20. The van der Waals surface area contributed by atoms with Crippen molar-refractivity contribution in [3.8, 4) is 0 Å². The van der Waals surface area contributed by atoms with Gasteiger partial charge in [0.25, 0.3) is 0 Å². The first-order chi connectivity index (χ1) is 6.72. The third-order valence-electron chi connectivity index (χ3n) is 5.16. The summed E-state index contributed by atoms with van der Waals surface area (Å²) < 4.78 is 0. The van der Waals surface area contributed by atoms with Gasteiger partial charge < -0.3 is 5.73 Å². The zero-order chi connectivity index (χ0) is 11.6. The smallest absolute Gasteiger partial charge is 0.225 e. The Bertz CT molecular complexity index is 366. The maximum absolute atomic E-state index is 12.2. The first kappa shape index (κ1) is 11.1.